The van der Waals surface area contributed by atoms with Crippen LogP contribution >= 0.6 is 0 Å². The average molecular weight is 185 g/mol. The lowest BCUT2D eigenvalue weighted by Gasteiger charge is -2.17. The number of esters is 1. The molecule has 0 aromatic carbocycles. The van der Waals surface area contributed by atoms with Crippen LogP contribution < -0.4 is 0 Å². The van der Waals surface area contributed by atoms with Gasteiger partial charge < -0.3 is 4.74 Å². The normalized spacial score (nSPS) is 27.1. The van der Waals surface area contributed by atoms with Crippen molar-refractivity contribution in [3.8, 4) is 0 Å². The Morgan fingerprint density at radius 1 is 1.54 bits per heavy atom. The Kier molecular flexibility index (Phi) is 2.96. The number of carbonyl (C=O) groups excluding carboxylic acids is 1. The van der Waals surface area contributed by atoms with E-state index in [1.807, 2.05) is 0 Å². The van der Waals surface area contributed by atoms with Crippen molar-refractivity contribution in [3.63, 3.8) is 0 Å². The van der Waals surface area contributed by atoms with Crippen molar-refractivity contribution in [2.24, 2.45) is 5.41 Å². The largest absolute Gasteiger partial charge is 0.468 e. The van der Waals surface area contributed by atoms with Gasteiger partial charge in [0, 0.05) is 6.54 Å². The van der Waals surface area contributed by atoms with Crippen LogP contribution in [0.1, 0.15) is 27.2 Å². The quantitative estimate of drug-likeness (QED) is 0.490. The fourth-order valence-electron chi connectivity index (χ4n) is 1.26. The van der Waals surface area contributed by atoms with Crippen molar-refractivity contribution >= 4 is 5.97 Å². The molecule has 1 aliphatic rings. The zero-order chi connectivity index (χ0) is 10.1. The topological polar surface area (TPSA) is 29.3 Å². The molecule has 0 aromatic heterocycles. The molecule has 0 bridgehead atoms. The van der Waals surface area contributed by atoms with Gasteiger partial charge in [0.1, 0.15) is 6.04 Å². The standard InChI is InChI=1S/C10H19NO2/c1-10(2,3)5-6-11-7-8(11)9(12)13-4/h8H,5-7H2,1-4H3. The Balaban J connectivity index is 2.18. The molecule has 1 saturated heterocycles. The first-order valence-electron chi connectivity index (χ1n) is 4.76. The molecule has 3 heteroatoms. The second-order valence-corrected chi connectivity index (χ2v) is 4.84. The highest BCUT2D eigenvalue weighted by atomic mass is 16.5. The molecule has 0 saturated carbocycles. The summed E-state index contributed by atoms with van der Waals surface area (Å²) in [4.78, 5) is 13.2. The predicted octanol–water partition coefficient (Wildman–Crippen LogP) is 1.28. The first-order chi connectivity index (χ1) is 5.94. The Morgan fingerprint density at radius 2 is 2.15 bits per heavy atom. The molecule has 1 heterocycles. The van der Waals surface area contributed by atoms with Gasteiger partial charge in [-0.3, -0.25) is 9.69 Å². The van der Waals surface area contributed by atoms with Gasteiger partial charge in [0.2, 0.25) is 0 Å². The monoisotopic (exact) mass is 185 g/mol. The van der Waals surface area contributed by atoms with Crippen LogP contribution in [0.3, 0.4) is 0 Å². The van der Waals surface area contributed by atoms with E-state index in [4.69, 9.17) is 0 Å². The van der Waals surface area contributed by atoms with E-state index in [9.17, 15) is 4.79 Å². The molecule has 13 heavy (non-hydrogen) atoms. The van der Waals surface area contributed by atoms with E-state index in [1.165, 1.54) is 7.11 Å². The van der Waals surface area contributed by atoms with E-state index in [0.717, 1.165) is 19.5 Å². The molecule has 1 aliphatic heterocycles. The number of nitrogens with zero attached hydrogens (tertiary/aromatic N) is 1. The highest BCUT2D eigenvalue weighted by Crippen LogP contribution is 2.24. The van der Waals surface area contributed by atoms with Gasteiger partial charge in [-0.1, -0.05) is 20.8 Å². The molecule has 0 aromatic rings. The fourth-order valence-corrected chi connectivity index (χ4v) is 1.26. The summed E-state index contributed by atoms with van der Waals surface area (Å²) in [5.41, 5.74) is 0.350. The zero-order valence-corrected chi connectivity index (χ0v) is 8.96. The lowest BCUT2D eigenvalue weighted by atomic mass is 9.92. The van der Waals surface area contributed by atoms with Crippen LogP contribution in [0.25, 0.3) is 0 Å². The van der Waals surface area contributed by atoms with E-state index in [-0.39, 0.29) is 12.0 Å². The molecule has 3 nitrogen and oxygen atoms in total. The van der Waals surface area contributed by atoms with Gasteiger partial charge in [-0.25, -0.2) is 0 Å². The highest BCUT2D eigenvalue weighted by molar-refractivity contribution is 5.78. The highest BCUT2D eigenvalue weighted by Gasteiger charge is 2.41. The van der Waals surface area contributed by atoms with Gasteiger partial charge in [0.05, 0.1) is 7.11 Å². The summed E-state index contributed by atoms with van der Waals surface area (Å²) in [6.07, 6.45) is 1.13. The summed E-state index contributed by atoms with van der Waals surface area (Å²) in [6, 6.07) is 0.0485. The van der Waals surface area contributed by atoms with Crippen molar-refractivity contribution in [1.82, 2.24) is 4.90 Å². The third-order valence-electron chi connectivity index (χ3n) is 2.34. The summed E-state index contributed by atoms with van der Waals surface area (Å²) in [5.74, 6) is -0.0890. The van der Waals surface area contributed by atoms with Crippen LogP contribution in [-0.2, 0) is 9.53 Å². The number of hydrogen-bond donors (Lipinski definition) is 0. The van der Waals surface area contributed by atoms with Crippen LogP contribution in [0.5, 0.6) is 0 Å². The Hall–Kier alpha value is -0.570. The van der Waals surface area contributed by atoms with E-state index >= 15 is 0 Å². The molecule has 0 spiro atoms. The molecule has 1 rings (SSSR count). The third kappa shape index (κ3) is 3.35. The molecular weight excluding hydrogens is 166 g/mol. The van der Waals surface area contributed by atoms with E-state index in [2.05, 4.69) is 30.4 Å². The van der Waals surface area contributed by atoms with Gasteiger partial charge in [0.15, 0.2) is 0 Å². The molecule has 0 radical (unpaired) electrons. The summed E-state index contributed by atoms with van der Waals surface area (Å²) >= 11 is 0. The molecule has 0 amide bonds. The van der Waals surface area contributed by atoms with Crippen molar-refractivity contribution < 1.29 is 9.53 Å². The predicted molar refractivity (Wildman–Crippen MR) is 51.4 cm³/mol. The van der Waals surface area contributed by atoms with Gasteiger partial charge in [-0.15, -0.1) is 0 Å². The average Bonchev–Trinajstić information content (AvgIpc) is 2.77. The minimum atomic E-state index is -0.0890. The SMILES string of the molecule is COC(=O)C1CN1CCC(C)(C)C. The lowest BCUT2D eigenvalue weighted by molar-refractivity contribution is -0.140. The molecule has 2 atom stereocenters. The van der Waals surface area contributed by atoms with Gasteiger partial charge in [-0.2, -0.15) is 0 Å². The Bertz CT molecular complexity index is 196. The second-order valence-electron chi connectivity index (χ2n) is 4.84. The van der Waals surface area contributed by atoms with Crippen LogP contribution in [0, 0.1) is 5.41 Å². The molecular formula is C10H19NO2. The first-order valence-corrected chi connectivity index (χ1v) is 4.76. The summed E-state index contributed by atoms with van der Waals surface area (Å²) in [5, 5.41) is 0. The number of hydrogen-bond acceptors (Lipinski definition) is 3. The van der Waals surface area contributed by atoms with Gasteiger partial charge in [0.25, 0.3) is 0 Å². The van der Waals surface area contributed by atoms with E-state index in [1.54, 1.807) is 0 Å². The number of methoxy groups -OCH3 is 1. The van der Waals surface area contributed by atoms with Gasteiger partial charge in [-0.05, 0) is 18.4 Å². The molecule has 0 N–H and O–H groups in total. The van der Waals surface area contributed by atoms with Crippen molar-refractivity contribution in [2.45, 2.75) is 33.2 Å². The van der Waals surface area contributed by atoms with Crippen molar-refractivity contribution in [3.05, 3.63) is 0 Å². The smallest absolute Gasteiger partial charge is 0.324 e. The first kappa shape index (κ1) is 10.5. The summed E-state index contributed by atoms with van der Waals surface area (Å²) < 4.78 is 4.66. The molecule has 2 unspecified atom stereocenters. The van der Waals surface area contributed by atoms with Crippen LogP contribution in [0.2, 0.25) is 0 Å². The maximum Gasteiger partial charge on any atom is 0.324 e. The van der Waals surface area contributed by atoms with Crippen molar-refractivity contribution in [1.29, 1.82) is 0 Å². The fraction of sp³-hybridized carbons (Fsp3) is 0.900. The Morgan fingerprint density at radius 3 is 2.62 bits per heavy atom. The maximum absolute atomic E-state index is 11.0. The zero-order valence-electron chi connectivity index (χ0n) is 8.96. The molecule has 76 valence electrons. The van der Waals surface area contributed by atoms with Crippen LogP contribution in [-0.4, -0.2) is 37.1 Å². The second kappa shape index (κ2) is 3.66. The minimum Gasteiger partial charge on any atom is -0.468 e. The van der Waals surface area contributed by atoms with E-state index in [0.29, 0.717) is 5.41 Å². The third-order valence-corrected chi connectivity index (χ3v) is 2.34. The molecule has 1 fully saturated rings. The number of ether oxygens (including phenoxy) is 1. The number of carbonyl (C=O) groups is 1. The lowest BCUT2D eigenvalue weighted by Crippen LogP contribution is -2.18. The Labute approximate surface area is 80.1 Å². The van der Waals surface area contributed by atoms with Crippen LogP contribution in [0.15, 0.2) is 0 Å². The van der Waals surface area contributed by atoms with E-state index < -0.39 is 0 Å². The van der Waals surface area contributed by atoms with Gasteiger partial charge >= 0.3 is 5.97 Å². The summed E-state index contributed by atoms with van der Waals surface area (Å²) in [7, 11) is 1.45. The molecule has 0 aliphatic carbocycles. The maximum atomic E-state index is 11.0. The van der Waals surface area contributed by atoms with Crippen molar-refractivity contribution in [2.75, 3.05) is 20.2 Å². The minimum absolute atomic E-state index is 0.0485. The van der Waals surface area contributed by atoms with Crippen LogP contribution in [0.4, 0.5) is 0 Å². The number of rotatable bonds is 3. The summed E-state index contributed by atoms with van der Waals surface area (Å²) in [6.45, 7) is 8.52.